The lowest BCUT2D eigenvalue weighted by molar-refractivity contribution is 0.157. The van der Waals surface area contributed by atoms with Crippen LogP contribution in [0, 0.1) is 13.8 Å². The van der Waals surface area contributed by atoms with Crippen molar-refractivity contribution < 1.29 is 5.11 Å². The van der Waals surface area contributed by atoms with Crippen molar-refractivity contribution in [2.45, 2.75) is 40.3 Å². The Morgan fingerprint density at radius 3 is 2.59 bits per heavy atom. The number of nitrogens with zero attached hydrogens (tertiary/aromatic N) is 2. The second kappa shape index (κ2) is 5.98. The molecule has 0 radical (unpaired) electrons. The molecule has 0 aliphatic rings. The lowest BCUT2D eigenvalue weighted by Crippen LogP contribution is -2.33. The summed E-state index contributed by atoms with van der Waals surface area (Å²) in [5, 5.41) is 9.04. The maximum absolute atomic E-state index is 9.04. The molecular formula is C13H23N3O. The third-order valence-electron chi connectivity index (χ3n) is 3.15. The maximum atomic E-state index is 9.04. The Bertz CT molecular complexity index is 377. The largest absolute Gasteiger partial charge is 0.398 e. The number of nitrogens with two attached hydrogens (primary N) is 1. The number of aromatic nitrogens is 1. The quantitative estimate of drug-likeness (QED) is 0.814. The average Bonchev–Trinajstić information content (AvgIpc) is 2.28. The lowest BCUT2D eigenvalue weighted by atomic mass is 10.1. The summed E-state index contributed by atoms with van der Waals surface area (Å²) in [4.78, 5) is 6.62. The van der Waals surface area contributed by atoms with Gasteiger partial charge in [0.05, 0.1) is 12.3 Å². The molecule has 0 saturated carbocycles. The Morgan fingerprint density at radius 2 is 2.06 bits per heavy atom. The molecule has 3 N–H and O–H groups in total. The number of pyridine rings is 1. The number of hydrogen-bond acceptors (Lipinski definition) is 4. The molecule has 0 bridgehead atoms. The van der Waals surface area contributed by atoms with E-state index in [1.165, 1.54) is 0 Å². The van der Waals surface area contributed by atoms with Gasteiger partial charge in [0.25, 0.3) is 0 Å². The lowest BCUT2D eigenvalue weighted by Gasteiger charge is -2.26. The first-order chi connectivity index (χ1) is 7.97. The first-order valence-electron chi connectivity index (χ1n) is 6.02. The van der Waals surface area contributed by atoms with Crippen LogP contribution in [0.25, 0.3) is 0 Å². The molecule has 0 amide bonds. The van der Waals surface area contributed by atoms with E-state index in [0.717, 1.165) is 29.1 Å². The van der Waals surface area contributed by atoms with Crippen LogP contribution in [0.1, 0.15) is 30.7 Å². The molecule has 0 aliphatic heterocycles. The summed E-state index contributed by atoms with van der Waals surface area (Å²) >= 11 is 0. The van der Waals surface area contributed by atoms with Crippen molar-refractivity contribution >= 4 is 5.69 Å². The SMILES string of the molecule is Cc1cnc(CN(CCO)C(C)C)c(C)c1N. The van der Waals surface area contributed by atoms with E-state index in [2.05, 4.69) is 23.7 Å². The van der Waals surface area contributed by atoms with Crippen molar-refractivity contribution in [3.05, 3.63) is 23.0 Å². The van der Waals surface area contributed by atoms with Gasteiger partial charge < -0.3 is 10.8 Å². The first kappa shape index (κ1) is 13.9. The molecule has 0 fully saturated rings. The summed E-state index contributed by atoms with van der Waals surface area (Å²) in [5.74, 6) is 0. The molecule has 4 nitrogen and oxygen atoms in total. The van der Waals surface area contributed by atoms with Gasteiger partial charge in [-0.15, -0.1) is 0 Å². The first-order valence-corrected chi connectivity index (χ1v) is 6.02. The molecule has 0 aliphatic carbocycles. The highest BCUT2D eigenvalue weighted by Crippen LogP contribution is 2.19. The van der Waals surface area contributed by atoms with Gasteiger partial charge >= 0.3 is 0 Å². The molecule has 0 saturated heterocycles. The van der Waals surface area contributed by atoms with E-state index >= 15 is 0 Å². The molecule has 17 heavy (non-hydrogen) atoms. The molecule has 0 unspecified atom stereocenters. The molecule has 1 aromatic rings. The fourth-order valence-electron chi connectivity index (χ4n) is 1.79. The number of hydrogen-bond donors (Lipinski definition) is 2. The summed E-state index contributed by atoms with van der Waals surface area (Å²) in [6.45, 7) is 9.75. The summed E-state index contributed by atoms with van der Waals surface area (Å²) in [6, 6.07) is 0.380. The van der Waals surface area contributed by atoms with Gasteiger partial charge in [0.2, 0.25) is 0 Å². The van der Waals surface area contributed by atoms with Crippen LogP contribution in [0.3, 0.4) is 0 Å². The predicted octanol–water partition coefficient (Wildman–Crippen LogP) is 1.48. The predicted molar refractivity (Wildman–Crippen MR) is 70.8 cm³/mol. The van der Waals surface area contributed by atoms with Gasteiger partial charge in [0.1, 0.15) is 0 Å². The molecular weight excluding hydrogens is 214 g/mol. The number of aliphatic hydroxyl groups excluding tert-OH is 1. The highest BCUT2D eigenvalue weighted by atomic mass is 16.3. The normalized spacial score (nSPS) is 11.5. The van der Waals surface area contributed by atoms with E-state index in [9.17, 15) is 0 Å². The molecule has 0 aromatic carbocycles. The second-order valence-electron chi connectivity index (χ2n) is 4.71. The van der Waals surface area contributed by atoms with Crippen molar-refractivity contribution in [3.63, 3.8) is 0 Å². The molecule has 1 heterocycles. The monoisotopic (exact) mass is 237 g/mol. The Balaban J connectivity index is 2.90. The van der Waals surface area contributed by atoms with Crippen LogP contribution in [-0.4, -0.2) is 34.2 Å². The van der Waals surface area contributed by atoms with Crippen molar-refractivity contribution in [1.29, 1.82) is 0 Å². The minimum absolute atomic E-state index is 0.165. The Kier molecular flexibility index (Phi) is 4.90. The summed E-state index contributed by atoms with van der Waals surface area (Å²) in [5.41, 5.74) is 9.89. The van der Waals surface area contributed by atoms with Crippen molar-refractivity contribution in [3.8, 4) is 0 Å². The van der Waals surface area contributed by atoms with Gasteiger partial charge in [0.15, 0.2) is 0 Å². The minimum atomic E-state index is 0.165. The van der Waals surface area contributed by atoms with Crippen LogP contribution < -0.4 is 5.73 Å². The van der Waals surface area contributed by atoms with E-state index in [0.29, 0.717) is 12.6 Å². The fraction of sp³-hybridized carbons (Fsp3) is 0.615. The number of anilines is 1. The van der Waals surface area contributed by atoms with Crippen molar-refractivity contribution in [1.82, 2.24) is 9.88 Å². The van der Waals surface area contributed by atoms with Gasteiger partial charge in [-0.1, -0.05) is 0 Å². The summed E-state index contributed by atoms with van der Waals surface area (Å²) in [7, 11) is 0. The topological polar surface area (TPSA) is 62.4 Å². The number of aryl methyl sites for hydroxylation is 1. The smallest absolute Gasteiger partial charge is 0.0593 e. The fourth-order valence-corrected chi connectivity index (χ4v) is 1.79. The zero-order chi connectivity index (χ0) is 13.0. The molecule has 4 heteroatoms. The minimum Gasteiger partial charge on any atom is -0.398 e. The summed E-state index contributed by atoms with van der Waals surface area (Å²) in [6.07, 6.45) is 1.81. The van der Waals surface area contributed by atoms with E-state index in [1.807, 2.05) is 20.0 Å². The zero-order valence-corrected chi connectivity index (χ0v) is 11.2. The summed E-state index contributed by atoms with van der Waals surface area (Å²) < 4.78 is 0. The van der Waals surface area contributed by atoms with E-state index in [1.54, 1.807) is 0 Å². The zero-order valence-electron chi connectivity index (χ0n) is 11.2. The molecule has 1 rings (SSSR count). The number of nitrogen functional groups attached to an aromatic ring is 1. The van der Waals surface area contributed by atoms with Gasteiger partial charge in [0, 0.05) is 31.0 Å². The van der Waals surface area contributed by atoms with Crippen LogP contribution in [0.5, 0.6) is 0 Å². The number of rotatable bonds is 5. The van der Waals surface area contributed by atoms with E-state index in [-0.39, 0.29) is 6.61 Å². The Labute approximate surface area is 103 Å². The average molecular weight is 237 g/mol. The maximum Gasteiger partial charge on any atom is 0.0593 e. The van der Waals surface area contributed by atoms with Crippen molar-refractivity contribution in [2.24, 2.45) is 0 Å². The van der Waals surface area contributed by atoms with Gasteiger partial charge in [-0.2, -0.15) is 0 Å². The van der Waals surface area contributed by atoms with E-state index < -0.39 is 0 Å². The van der Waals surface area contributed by atoms with Crippen LogP contribution >= 0.6 is 0 Å². The molecule has 96 valence electrons. The van der Waals surface area contributed by atoms with Gasteiger partial charge in [-0.3, -0.25) is 9.88 Å². The van der Waals surface area contributed by atoms with Crippen LogP contribution in [0.15, 0.2) is 6.20 Å². The highest BCUT2D eigenvalue weighted by Gasteiger charge is 2.13. The van der Waals surface area contributed by atoms with Crippen LogP contribution in [-0.2, 0) is 6.54 Å². The standard InChI is InChI=1S/C13H23N3O/c1-9(2)16(5-6-17)8-12-11(4)13(14)10(3)7-15-12/h7,9,17H,5-6,8H2,1-4H3,(H2,14,15). The third kappa shape index (κ3) is 3.41. The third-order valence-corrected chi connectivity index (χ3v) is 3.15. The second-order valence-corrected chi connectivity index (χ2v) is 4.71. The van der Waals surface area contributed by atoms with Crippen molar-refractivity contribution in [2.75, 3.05) is 18.9 Å². The molecule has 0 spiro atoms. The number of aliphatic hydroxyl groups is 1. The van der Waals surface area contributed by atoms with Crippen LogP contribution in [0.4, 0.5) is 5.69 Å². The van der Waals surface area contributed by atoms with Crippen LogP contribution in [0.2, 0.25) is 0 Å². The van der Waals surface area contributed by atoms with Gasteiger partial charge in [-0.05, 0) is 38.8 Å². The Morgan fingerprint density at radius 1 is 1.41 bits per heavy atom. The molecule has 1 aromatic heterocycles. The highest BCUT2D eigenvalue weighted by molar-refractivity contribution is 5.53. The van der Waals surface area contributed by atoms with Gasteiger partial charge in [-0.25, -0.2) is 0 Å². The molecule has 0 atom stereocenters. The Hall–Kier alpha value is -1.13. The van der Waals surface area contributed by atoms with E-state index in [4.69, 9.17) is 10.8 Å².